The molecule has 1 atom stereocenters. The second-order valence-electron chi connectivity index (χ2n) is 8.90. The number of ether oxygens (including phenoxy) is 3. The van der Waals surface area contributed by atoms with Gasteiger partial charge in [0.25, 0.3) is 5.91 Å². The summed E-state index contributed by atoms with van der Waals surface area (Å²) in [7, 11) is 0. The second kappa shape index (κ2) is 16.0. The molecule has 2 amide bonds. The molecule has 0 aromatic heterocycles. The summed E-state index contributed by atoms with van der Waals surface area (Å²) in [5.41, 5.74) is 0.374. The SMILES string of the molecule is CCCCCCOc1ccc(C(=O)NC(=S)N2CCNC(=O)C2CC(=O)OCCOc2ccccc2)cc1Br. The fraction of sp³-hybridized carbons (Fsp3) is 0.429. The number of thiocarbonyl (C=S) groups is 1. The number of carbonyl (C=O) groups excluding carboxylic acids is 3. The van der Waals surface area contributed by atoms with Crippen molar-refractivity contribution < 1.29 is 28.6 Å². The zero-order chi connectivity index (χ0) is 28.0. The van der Waals surface area contributed by atoms with Crippen LogP contribution < -0.4 is 20.1 Å². The topological polar surface area (TPSA) is 106 Å². The van der Waals surface area contributed by atoms with E-state index in [1.54, 1.807) is 30.3 Å². The maximum Gasteiger partial charge on any atom is 0.308 e. The maximum absolute atomic E-state index is 12.9. The van der Waals surface area contributed by atoms with Crippen molar-refractivity contribution in [2.75, 3.05) is 32.9 Å². The van der Waals surface area contributed by atoms with Gasteiger partial charge in [0.1, 0.15) is 30.8 Å². The first-order chi connectivity index (χ1) is 18.9. The lowest BCUT2D eigenvalue weighted by Gasteiger charge is -2.36. The Morgan fingerprint density at radius 1 is 1.08 bits per heavy atom. The summed E-state index contributed by atoms with van der Waals surface area (Å²) >= 11 is 8.91. The lowest BCUT2D eigenvalue weighted by Crippen LogP contribution is -2.60. The van der Waals surface area contributed by atoms with Gasteiger partial charge in [-0.05, 0) is 64.9 Å². The molecule has 0 spiro atoms. The molecule has 0 bridgehead atoms. The molecule has 2 aromatic rings. The van der Waals surface area contributed by atoms with Crippen molar-refractivity contribution in [3.8, 4) is 11.5 Å². The number of carbonyl (C=O) groups is 3. The minimum Gasteiger partial charge on any atom is -0.492 e. The number of piperazine rings is 1. The third kappa shape index (κ3) is 9.81. The average molecular weight is 621 g/mol. The van der Waals surface area contributed by atoms with Crippen LogP contribution in [-0.4, -0.2) is 66.7 Å². The first-order valence-corrected chi connectivity index (χ1v) is 14.2. The van der Waals surface area contributed by atoms with Crippen LogP contribution >= 0.6 is 28.1 Å². The molecule has 39 heavy (non-hydrogen) atoms. The summed E-state index contributed by atoms with van der Waals surface area (Å²) < 4.78 is 17.2. The Hall–Kier alpha value is -3.18. The number of unbranched alkanes of at least 4 members (excludes halogenated alkanes) is 3. The smallest absolute Gasteiger partial charge is 0.308 e. The van der Waals surface area contributed by atoms with Crippen LogP contribution in [0.1, 0.15) is 49.4 Å². The van der Waals surface area contributed by atoms with Gasteiger partial charge in [-0.25, -0.2) is 0 Å². The lowest BCUT2D eigenvalue weighted by molar-refractivity contribution is -0.148. The molecule has 2 aromatic carbocycles. The van der Waals surface area contributed by atoms with Gasteiger partial charge in [0.05, 0.1) is 17.5 Å². The molecule has 11 heteroatoms. The Labute approximate surface area is 242 Å². The molecule has 1 fully saturated rings. The van der Waals surface area contributed by atoms with Crippen molar-refractivity contribution in [3.05, 3.63) is 58.6 Å². The zero-order valence-corrected chi connectivity index (χ0v) is 24.4. The first-order valence-electron chi connectivity index (χ1n) is 13.0. The van der Waals surface area contributed by atoms with Gasteiger partial charge < -0.3 is 24.4 Å². The Bertz CT molecular complexity index is 1130. The minimum atomic E-state index is -0.899. The second-order valence-corrected chi connectivity index (χ2v) is 10.1. The third-order valence-electron chi connectivity index (χ3n) is 5.98. The van der Waals surface area contributed by atoms with Gasteiger partial charge in [0, 0.05) is 18.7 Å². The lowest BCUT2D eigenvalue weighted by atomic mass is 10.1. The van der Waals surface area contributed by atoms with Crippen molar-refractivity contribution >= 4 is 51.0 Å². The number of halogens is 1. The van der Waals surface area contributed by atoms with Gasteiger partial charge in [-0.1, -0.05) is 44.4 Å². The van der Waals surface area contributed by atoms with Crippen LogP contribution in [0.5, 0.6) is 11.5 Å². The highest BCUT2D eigenvalue weighted by atomic mass is 79.9. The number of benzene rings is 2. The summed E-state index contributed by atoms with van der Waals surface area (Å²) in [6, 6.07) is 13.3. The van der Waals surface area contributed by atoms with E-state index in [9.17, 15) is 14.4 Å². The van der Waals surface area contributed by atoms with E-state index in [1.807, 2.05) is 18.2 Å². The van der Waals surface area contributed by atoms with E-state index < -0.39 is 17.9 Å². The van der Waals surface area contributed by atoms with Crippen molar-refractivity contribution in [1.82, 2.24) is 15.5 Å². The summed E-state index contributed by atoms with van der Waals surface area (Å²) in [4.78, 5) is 39.4. The highest BCUT2D eigenvalue weighted by molar-refractivity contribution is 9.10. The molecule has 0 aliphatic carbocycles. The third-order valence-corrected chi connectivity index (χ3v) is 6.94. The van der Waals surface area contributed by atoms with Crippen LogP contribution in [0, 0.1) is 0 Å². The van der Waals surface area contributed by atoms with Crippen molar-refractivity contribution in [1.29, 1.82) is 0 Å². The zero-order valence-electron chi connectivity index (χ0n) is 22.0. The van der Waals surface area contributed by atoms with Gasteiger partial charge in [0.2, 0.25) is 5.91 Å². The van der Waals surface area contributed by atoms with Crippen molar-refractivity contribution in [2.45, 2.75) is 45.1 Å². The number of rotatable bonds is 13. The van der Waals surface area contributed by atoms with E-state index in [2.05, 4.69) is 33.5 Å². The van der Waals surface area contributed by atoms with Gasteiger partial charge in [-0.3, -0.25) is 19.7 Å². The standard InChI is InChI=1S/C28H34BrN3O6S/c1-2-3-4-8-15-37-24-12-11-20(18-22(24)29)26(34)31-28(39)32-14-13-30-27(35)23(32)19-25(33)38-17-16-36-21-9-6-5-7-10-21/h5-7,9-12,18,23H,2-4,8,13-17,19H2,1H3,(H,30,35)(H,31,34,39). The molecule has 1 aliphatic rings. The van der Waals surface area contributed by atoms with Gasteiger partial charge >= 0.3 is 5.97 Å². The highest BCUT2D eigenvalue weighted by Gasteiger charge is 2.34. The first kappa shape index (κ1) is 30.4. The van der Waals surface area contributed by atoms with Gasteiger partial charge in [-0.2, -0.15) is 0 Å². The van der Waals surface area contributed by atoms with Crippen LogP contribution in [0.2, 0.25) is 0 Å². The number of amides is 2. The van der Waals surface area contributed by atoms with E-state index >= 15 is 0 Å². The number of para-hydroxylation sites is 1. The molecule has 0 radical (unpaired) electrons. The molecule has 1 aliphatic heterocycles. The van der Waals surface area contributed by atoms with Crippen LogP contribution in [0.15, 0.2) is 53.0 Å². The Balaban J connectivity index is 1.50. The normalized spacial score (nSPS) is 14.8. The van der Waals surface area contributed by atoms with E-state index in [4.69, 9.17) is 26.4 Å². The highest BCUT2D eigenvalue weighted by Crippen LogP contribution is 2.26. The van der Waals surface area contributed by atoms with E-state index in [0.717, 1.165) is 19.3 Å². The number of esters is 1. The van der Waals surface area contributed by atoms with E-state index in [-0.39, 0.29) is 30.7 Å². The molecule has 9 nitrogen and oxygen atoms in total. The molecule has 1 saturated heterocycles. The van der Waals surface area contributed by atoms with E-state index in [0.29, 0.717) is 41.2 Å². The summed E-state index contributed by atoms with van der Waals surface area (Å²) in [6.07, 6.45) is 4.20. The quantitative estimate of drug-likeness (QED) is 0.195. The Morgan fingerprint density at radius 2 is 1.87 bits per heavy atom. The molecule has 0 saturated carbocycles. The number of hydrogen-bond donors (Lipinski definition) is 2. The molecule has 210 valence electrons. The van der Waals surface area contributed by atoms with E-state index in [1.165, 1.54) is 11.3 Å². The van der Waals surface area contributed by atoms with Gasteiger partial charge in [-0.15, -0.1) is 0 Å². The van der Waals surface area contributed by atoms with Crippen LogP contribution in [-0.2, 0) is 14.3 Å². The summed E-state index contributed by atoms with van der Waals surface area (Å²) in [5.74, 6) is -0.0312. The van der Waals surface area contributed by atoms with Crippen LogP contribution in [0.4, 0.5) is 0 Å². The van der Waals surface area contributed by atoms with Crippen molar-refractivity contribution in [2.24, 2.45) is 0 Å². The number of hydrogen-bond acceptors (Lipinski definition) is 7. The Morgan fingerprint density at radius 3 is 2.62 bits per heavy atom. The minimum absolute atomic E-state index is 0.0383. The average Bonchev–Trinajstić information content (AvgIpc) is 2.93. The summed E-state index contributed by atoms with van der Waals surface area (Å²) in [6.45, 7) is 3.66. The molecule has 1 heterocycles. The predicted molar refractivity (Wildman–Crippen MR) is 155 cm³/mol. The summed E-state index contributed by atoms with van der Waals surface area (Å²) in [5, 5.41) is 5.47. The Kier molecular flexibility index (Phi) is 12.5. The van der Waals surface area contributed by atoms with Crippen molar-refractivity contribution in [3.63, 3.8) is 0 Å². The maximum atomic E-state index is 12.9. The number of nitrogens with one attached hydrogen (secondary N) is 2. The molecule has 1 unspecified atom stereocenters. The molecular formula is C28H34BrN3O6S. The largest absolute Gasteiger partial charge is 0.492 e. The van der Waals surface area contributed by atoms with Gasteiger partial charge in [0.15, 0.2) is 5.11 Å². The molecular weight excluding hydrogens is 586 g/mol. The van der Waals surface area contributed by atoms with Crippen LogP contribution in [0.25, 0.3) is 0 Å². The molecule has 3 rings (SSSR count). The molecule has 2 N–H and O–H groups in total. The number of nitrogens with zero attached hydrogens (tertiary/aromatic N) is 1. The monoisotopic (exact) mass is 619 g/mol. The predicted octanol–water partition coefficient (Wildman–Crippen LogP) is 4.24. The fourth-order valence-corrected chi connectivity index (χ4v) is 4.72. The van der Waals surface area contributed by atoms with Crippen LogP contribution in [0.3, 0.4) is 0 Å². The fourth-order valence-electron chi connectivity index (χ4n) is 3.92.